The molecule has 0 atom stereocenters. The van der Waals surface area contributed by atoms with Gasteiger partial charge in [0.05, 0.1) is 28.0 Å². The van der Waals surface area contributed by atoms with Crippen LogP contribution in [-0.2, 0) is 20.1 Å². The average Bonchev–Trinajstić information content (AvgIpc) is 4.15. The molecule has 0 unspecified atom stereocenters. The van der Waals surface area contributed by atoms with Crippen LogP contribution in [0.5, 0.6) is 0 Å². The quantitative estimate of drug-likeness (QED) is 0.128. The van der Waals surface area contributed by atoms with Gasteiger partial charge in [-0.1, -0.05) is 188 Å². The minimum Gasteiger partial charge on any atom is -0.500 e. The van der Waals surface area contributed by atoms with Crippen molar-refractivity contribution in [2.24, 2.45) is 0 Å². The summed E-state index contributed by atoms with van der Waals surface area (Å²) in [6, 6.07) is 72.3. The summed E-state index contributed by atoms with van der Waals surface area (Å²) in [6.45, 7) is 18.1. The van der Waals surface area contributed by atoms with Gasteiger partial charge in [-0.3, -0.25) is 9.97 Å². The molecule has 0 fully saturated rings. The second-order valence-electron chi connectivity index (χ2n) is 20.3. The van der Waals surface area contributed by atoms with Crippen LogP contribution < -0.4 is 0 Å². The number of benzene rings is 9. The molecule has 0 bridgehead atoms. The van der Waals surface area contributed by atoms with Gasteiger partial charge in [0.2, 0.25) is 0 Å². The maximum Gasteiger partial charge on any atom is 0.149 e. The summed E-state index contributed by atoms with van der Waals surface area (Å²) in [5, 5.41) is 2.08. The second kappa shape index (κ2) is 21.1. The number of para-hydroxylation sites is 4. The molecule has 0 amide bonds. The van der Waals surface area contributed by atoms with Gasteiger partial charge in [0.1, 0.15) is 17.1 Å². The Morgan fingerprint density at radius 2 is 1.05 bits per heavy atom. The first-order chi connectivity index (χ1) is 35.5. The normalized spacial score (nSPS) is 11.6. The van der Waals surface area contributed by atoms with Crippen molar-refractivity contribution in [3.05, 3.63) is 222 Å². The molecule has 12 rings (SSSR count). The van der Waals surface area contributed by atoms with Gasteiger partial charge < -0.3 is 13.4 Å². The van der Waals surface area contributed by atoms with Crippen molar-refractivity contribution in [1.82, 2.24) is 14.5 Å². The monoisotopic (exact) mass is 1140 g/mol. The molecule has 0 aliphatic rings. The molecule has 12 aromatic rings. The standard InChI is InChI=1S/C43H34NO2.C25H25N2.Ir/c1-26(2)36-23-31(29-15-9-6-10-16-29)24-37(27(3)4)40(36)34-18-12-20-38-42(34)46-43(44-38)35-19-11-17-33-32-22-21-30(25-39(32)45-41(33)35)28-13-7-5-8-14-28;1-17(2)20-13-10-14-21(18(3)4)24(20)27-23-16-9-8-15-22(23)26-25(27)19-11-6-5-7-12-19;/h5-18,20-27H,1-4H3;5-11,13-18H,1-4H3;/q2*-1;. The molecule has 74 heavy (non-hydrogen) atoms. The number of oxazole rings is 1. The van der Waals surface area contributed by atoms with Crippen molar-refractivity contribution < 1.29 is 28.9 Å². The van der Waals surface area contributed by atoms with Crippen LogP contribution in [0.2, 0.25) is 0 Å². The van der Waals surface area contributed by atoms with Crippen LogP contribution in [0.1, 0.15) is 101 Å². The van der Waals surface area contributed by atoms with Crippen molar-refractivity contribution in [3.8, 4) is 61.9 Å². The Kier molecular flexibility index (Phi) is 14.2. The van der Waals surface area contributed by atoms with E-state index in [2.05, 4.69) is 224 Å². The van der Waals surface area contributed by atoms with Gasteiger partial charge in [0, 0.05) is 36.7 Å². The SMILES string of the molecule is CC(C)c1cc(-c2ccccc2)cc(C(C)C)c1-c1cccc2nc(-c3[c-]ccc4c3oc3cc(-c5ccccc5)ccc34)oc12.CC(C)c1cccc(C(C)C)c1-n1c(-c2[c-]cccc2)nc2ccccc21.[Ir]. The molecule has 0 N–H and O–H groups in total. The maximum absolute atomic E-state index is 6.72. The first kappa shape index (κ1) is 49.9. The van der Waals surface area contributed by atoms with Crippen molar-refractivity contribution >= 4 is 44.1 Å². The van der Waals surface area contributed by atoms with Crippen molar-refractivity contribution in [2.75, 3.05) is 0 Å². The fourth-order valence-electron chi connectivity index (χ4n) is 10.4. The third-order valence-electron chi connectivity index (χ3n) is 14.1. The Morgan fingerprint density at radius 1 is 0.446 bits per heavy atom. The number of aromatic nitrogens is 3. The van der Waals surface area contributed by atoms with E-state index < -0.39 is 0 Å². The summed E-state index contributed by atoms with van der Waals surface area (Å²) in [6.07, 6.45) is 0. The van der Waals surface area contributed by atoms with Crippen LogP contribution in [0.15, 0.2) is 197 Å². The molecule has 0 spiro atoms. The molecule has 0 saturated heterocycles. The van der Waals surface area contributed by atoms with Crippen molar-refractivity contribution in [2.45, 2.75) is 79.1 Å². The number of rotatable bonds is 10. The number of imidazole rings is 1. The Morgan fingerprint density at radius 3 is 1.70 bits per heavy atom. The van der Waals surface area contributed by atoms with E-state index >= 15 is 0 Å². The molecule has 3 aromatic heterocycles. The Bertz CT molecular complexity index is 3860. The molecule has 369 valence electrons. The predicted molar refractivity (Wildman–Crippen MR) is 304 cm³/mol. The average molecular weight is 1140 g/mol. The summed E-state index contributed by atoms with van der Waals surface area (Å²) < 4.78 is 15.6. The summed E-state index contributed by atoms with van der Waals surface area (Å²) in [5.74, 6) is 2.93. The summed E-state index contributed by atoms with van der Waals surface area (Å²) >= 11 is 0. The van der Waals surface area contributed by atoms with E-state index in [9.17, 15) is 0 Å². The third-order valence-corrected chi connectivity index (χ3v) is 14.1. The Labute approximate surface area is 448 Å². The number of hydrogen-bond acceptors (Lipinski definition) is 4. The summed E-state index contributed by atoms with van der Waals surface area (Å²) in [4.78, 5) is 10.0. The number of hydrogen-bond donors (Lipinski definition) is 0. The topological polar surface area (TPSA) is 57.0 Å². The van der Waals surface area contributed by atoms with Crippen molar-refractivity contribution in [1.29, 1.82) is 0 Å². The molecule has 3 heterocycles. The Balaban J connectivity index is 0.000000191. The van der Waals surface area contributed by atoms with Crippen molar-refractivity contribution in [3.63, 3.8) is 0 Å². The van der Waals surface area contributed by atoms with Gasteiger partial charge in [-0.25, -0.2) is 0 Å². The minimum absolute atomic E-state index is 0. The van der Waals surface area contributed by atoms with E-state index in [1.165, 1.54) is 44.6 Å². The zero-order chi connectivity index (χ0) is 50.3. The largest absolute Gasteiger partial charge is 0.500 e. The molecule has 0 aliphatic heterocycles. The summed E-state index contributed by atoms with van der Waals surface area (Å²) in [7, 11) is 0. The van der Waals surface area contributed by atoms with Crippen LogP contribution in [-0.4, -0.2) is 14.5 Å². The number of furan rings is 1. The number of nitrogens with zero attached hydrogens (tertiary/aromatic N) is 3. The van der Waals surface area contributed by atoms with Crippen LogP contribution >= 0.6 is 0 Å². The molecular weight excluding hydrogens is 1080 g/mol. The zero-order valence-electron chi connectivity index (χ0n) is 43.2. The fraction of sp³-hybridized carbons (Fsp3) is 0.176. The smallest absolute Gasteiger partial charge is 0.149 e. The predicted octanol–water partition coefficient (Wildman–Crippen LogP) is 19.2. The Hall–Kier alpha value is -7.63. The molecule has 0 aliphatic carbocycles. The molecular formula is C68H59IrN3O2-2. The minimum atomic E-state index is 0. The van der Waals surface area contributed by atoms with E-state index in [0.29, 0.717) is 29.6 Å². The van der Waals surface area contributed by atoms with E-state index in [1.807, 2.05) is 36.4 Å². The van der Waals surface area contributed by atoms with E-state index in [4.69, 9.17) is 18.8 Å². The van der Waals surface area contributed by atoms with Gasteiger partial charge in [-0.15, -0.1) is 54.1 Å². The van der Waals surface area contributed by atoms with Crippen LogP contribution in [0.25, 0.3) is 106 Å². The van der Waals surface area contributed by atoms with Gasteiger partial charge in [0.15, 0.2) is 0 Å². The summed E-state index contributed by atoms with van der Waals surface area (Å²) in [5.41, 5.74) is 20.6. The van der Waals surface area contributed by atoms with Gasteiger partial charge >= 0.3 is 0 Å². The van der Waals surface area contributed by atoms with Crippen LogP contribution in [0, 0.1) is 12.1 Å². The van der Waals surface area contributed by atoms with Gasteiger partial charge in [0.25, 0.3) is 0 Å². The number of fused-ring (bicyclic) bond motifs is 5. The molecule has 0 saturated carbocycles. The molecule has 5 nitrogen and oxygen atoms in total. The molecule has 6 heteroatoms. The molecule has 1 radical (unpaired) electrons. The van der Waals surface area contributed by atoms with E-state index in [0.717, 1.165) is 77.7 Å². The van der Waals surface area contributed by atoms with E-state index in [1.54, 1.807) is 0 Å². The maximum atomic E-state index is 6.72. The first-order valence-electron chi connectivity index (χ1n) is 25.7. The van der Waals surface area contributed by atoms with Gasteiger partial charge in [-0.05, 0) is 104 Å². The van der Waals surface area contributed by atoms with Gasteiger partial charge in [-0.2, -0.15) is 0 Å². The van der Waals surface area contributed by atoms with Crippen LogP contribution in [0.4, 0.5) is 0 Å². The third kappa shape index (κ3) is 9.34. The molecule has 9 aromatic carbocycles. The second-order valence-corrected chi connectivity index (χ2v) is 20.3. The fourth-order valence-corrected chi connectivity index (χ4v) is 10.4. The zero-order valence-corrected chi connectivity index (χ0v) is 45.6. The van der Waals surface area contributed by atoms with Crippen LogP contribution in [0.3, 0.4) is 0 Å². The first-order valence-corrected chi connectivity index (χ1v) is 25.7. The van der Waals surface area contributed by atoms with E-state index in [-0.39, 0.29) is 20.1 Å².